The maximum Gasteiger partial charge on any atom is 0.303 e. The van der Waals surface area contributed by atoms with Crippen molar-refractivity contribution in [3.8, 4) is 0 Å². The number of carboxylic acid groups (broad SMARTS) is 1. The topological polar surface area (TPSA) is 37.3 Å². The van der Waals surface area contributed by atoms with Gasteiger partial charge < -0.3 is 5.11 Å². The van der Waals surface area contributed by atoms with Gasteiger partial charge in [-0.15, -0.1) is 0 Å². The fourth-order valence-corrected chi connectivity index (χ4v) is 3.71. The van der Waals surface area contributed by atoms with E-state index in [1.54, 1.807) is 0 Å². The Morgan fingerprint density at radius 1 is 0.481 bits per heavy atom. The molecule has 0 amide bonds. The van der Waals surface area contributed by atoms with Gasteiger partial charge in [0, 0.05) is 33.7 Å². The zero-order valence-corrected chi connectivity index (χ0v) is 22.3. The standard InChI is InChI=1S/C24H48O2.Pb/c1-2-3-4-5-6-7-8-9-10-11-12-13-14-15-16-17-18-19-20-21-22-23-24(25)26;/h2-23H2,1H3,(H,25,26);. The van der Waals surface area contributed by atoms with Crippen LogP contribution in [0, 0.1) is 0 Å². The Morgan fingerprint density at radius 3 is 0.926 bits per heavy atom. The van der Waals surface area contributed by atoms with E-state index in [1.807, 2.05) is 0 Å². The second-order valence-electron chi connectivity index (χ2n) is 8.21. The molecule has 0 bridgehead atoms. The van der Waals surface area contributed by atoms with Crippen LogP contribution in [-0.4, -0.2) is 38.4 Å². The number of carbonyl (C=O) groups is 1. The monoisotopic (exact) mass is 576 g/mol. The fourth-order valence-electron chi connectivity index (χ4n) is 3.71. The Balaban J connectivity index is 0. The molecule has 0 aromatic carbocycles. The van der Waals surface area contributed by atoms with E-state index in [4.69, 9.17) is 5.11 Å². The molecule has 4 radical (unpaired) electrons. The molecule has 0 unspecified atom stereocenters. The molecule has 0 aromatic heterocycles. The molecule has 0 aliphatic carbocycles. The molecular formula is C24H48O2Pb. The minimum absolute atomic E-state index is 0. The number of unbranched alkanes of at least 4 members (excludes halogenated alkanes) is 20. The van der Waals surface area contributed by atoms with E-state index in [1.165, 1.54) is 122 Å². The maximum absolute atomic E-state index is 10.4. The van der Waals surface area contributed by atoms with Crippen molar-refractivity contribution in [1.29, 1.82) is 0 Å². The van der Waals surface area contributed by atoms with Crippen LogP contribution < -0.4 is 0 Å². The van der Waals surface area contributed by atoms with E-state index in [-0.39, 0.29) is 27.3 Å². The van der Waals surface area contributed by atoms with Gasteiger partial charge in [0.25, 0.3) is 0 Å². The van der Waals surface area contributed by atoms with Gasteiger partial charge in [0.2, 0.25) is 0 Å². The first kappa shape index (κ1) is 29.6. The number of hydrogen-bond donors (Lipinski definition) is 1. The van der Waals surface area contributed by atoms with Crippen molar-refractivity contribution in [2.24, 2.45) is 0 Å². The van der Waals surface area contributed by atoms with E-state index >= 15 is 0 Å². The third-order valence-corrected chi connectivity index (χ3v) is 5.49. The van der Waals surface area contributed by atoms with E-state index < -0.39 is 5.97 Å². The van der Waals surface area contributed by atoms with E-state index in [0.717, 1.165) is 12.8 Å². The van der Waals surface area contributed by atoms with Gasteiger partial charge in [0.15, 0.2) is 0 Å². The molecule has 0 atom stereocenters. The molecule has 0 aliphatic heterocycles. The van der Waals surface area contributed by atoms with Crippen LogP contribution in [-0.2, 0) is 4.79 Å². The molecule has 0 heterocycles. The predicted octanol–water partition coefficient (Wildman–Crippen LogP) is 8.29. The van der Waals surface area contributed by atoms with Crippen LogP contribution in [0.4, 0.5) is 0 Å². The van der Waals surface area contributed by atoms with Crippen LogP contribution in [0.5, 0.6) is 0 Å². The number of carboxylic acids is 1. The van der Waals surface area contributed by atoms with Crippen molar-refractivity contribution in [2.45, 2.75) is 148 Å². The fraction of sp³-hybridized carbons (Fsp3) is 0.958. The number of rotatable bonds is 22. The summed E-state index contributed by atoms with van der Waals surface area (Å²) in [7, 11) is 0. The van der Waals surface area contributed by atoms with Crippen molar-refractivity contribution in [2.75, 3.05) is 0 Å². The minimum Gasteiger partial charge on any atom is -0.481 e. The normalized spacial score (nSPS) is 10.7. The van der Waals surface area contributed by atoms with Gasteiger partial charge in [0.05, 0.1) is 0 Å². The Kier molecular flexibility index (Phi) is 28.9. The molecule has 0 spiro atoms. The van der Waals surface area contributed by atoms with Gasteiger partial charge in [0.1, 0.15) is 0 Å². The Morgan fingerprint density at radius 2 is 0.704 bits per heavy atom. The summed E-state index contributed by atoms with van der Waals surface area (Å²) >= 11 is 0. The second kappa shape index (κ2) is 26.4. The van der Waals surface area contributed by atoms with Gasteiger partial charge in [-0.3, -0.25) is 4.79 Å². The number of hydrogen-bond acceptors (Lipinski definition) is 1. The van der Waals surface area contributed by atoms with Gasteiger partial charge in [-0.25, -0.2) is 0 Å². The first-order valence-corrected chi connectivity index (χ1v) is 12.0. The third kappa shape index (κ3) is 28.7. The second-order valence-corrected chi connectivity index (χ2v) is 8.21. The Bertz CT molecular complexity index is 282. The van der Waals surface area contributed by atoms with Crippen LogP contribution in [0.1, 0.15) is 148 Å². The molecule has 27 heavy (non-hydrogen) atoms. The third-order valence-electron chi connectivity index (χ3n) is 5.49. The summed E-state index contributed by atoms with van der Waals surface area (Å²) in [6.07, 6.45) is 29.1. The molecule has 0 fully saturated rings. The van der Waals surface area contributed by atoms with E-state index in [2.05, 4.69) is 6.92 Å². The first-order chi connectivity index (χ1) is 12.8. The minimum atomic E-state index is -0.650. The summed E-state index contributed by atoms with van der Waals surface area (Å²) in [5.74, 6) is -0.650. The average molecular weight is 576 g/mol. The molecule has 2 nitrogen and oxygen atoms in total. The zero-order chi connectivity index (χ0) is 19.1. The summed E-state index contributed by atoms with van der Waals surface area (Å²) in [5.41, 5.74) is 0. The Labute approximate surface area is 190 Å². The van der Waals surface area contributed by atoms with Crippen LogP contribution in [0.15, 0.2) is 0 Å². The quantitative estimate of drug-likeness (QED) is 0.104. The zero-order valence-electron chi connectivity index (χ0n) is 18.4. The summed E-state index contributed by atoms with van der Waals surface area (Å²) in [6.45, 7) is 2.29. The van der Waals surface area contributed by atoms with Crippen molar-refractivity contribution in [3.05, 3.63) is 0 Å². The molecular weight excluding hydrogens is 527 g/mol. The predicted molar refractivity (Wildman–Crippen MR) is 121 cm³/mol. The van der Waals surface area contributed by atoms with Crippen molar-refractivity contribution < 1.29 is 9.90 Å². The van der Waals surface area contributed by atoms with Crippen molar-refractivity contribution in [1.82, 2.24) is 0 Å². The average Bonchev–Trinajstić information content (AvgIpc) is 2.62. The van der Waals surface area contributed by atoms with Crippen molar-refractivity contribution >= 4 is 33.3 Å². The van der Waals surface area contributed by atoms with Crippen LogP contribution in [0.25, 0.3) is 0 Å². The molecule has 160 valence electrons. The molecule has 1 N–H and O–H groups in total. The summed E-state index contributed by atoms with van der Waals surface area (Å²) in [5, 5.41) is 8.57. The van der Waals surface area contributed by atoms with Gasteiger partial charge in [-0.1, -0.05) is 135 Å². The van der Waals surface area contributed by atoms with Crippen LogP contribution in [0.2, 0.25) is 0 Å². The first-order valence-electron chi connectivity index (χ1n) is 12.0. The largest absolute Gasteiger partial charge is 0.481 e. The summed E-state index contributed by atoms with van der Waals surface area (Å²) in [4.78, 5) is 10.4. The molecule has 0 rings (SSSR count). The van der Waals surface area contributed by atoms with Gasteiger partial charge in [-0.05, 0) is 6.42 Å². The molecule has 0 saturated carbocycles. The molecule has 0 aromatic rings. The molecule has 3 heteroatoms. The SMILES string of the molecule is CCCCCCCCCCCCCCCCCCCCCCCC(=O)O.[Pb]. The molecule has 0 saturated heterocycles. The van der Waals surface area contributed by atoms with Crippen LogP contribution >= 0.6 is 0 Å². The van der Waals surface area contributed by atoms with Crippen LogP contribution in [0.3, 0.4) is 0 Å². The summed E-state index contributed by atoms with van der Waals surface area (Å²) in [6, 6.07) is 0. The van der Waals surface area contributed by atoms with E-state index in [0.29, 0.717) is 6.42 Å². The van der Waals surface area contributed by atoms with Gasteiger partial charge in [-0.2, -0.15) is 0 Å². The van der Waals surface area contributed by atoms with Crippen molar-refractivity contribution in [3.63, 3.8) is 0 Å². The smallest absolute Gasteiger partial charge is 0.303 e. The van der Waals surface area contributed by atoms with E-state index in [9.17, 15) is 4.79 Å². The maximum atomic E-state index is 10.4. The summed E-state index contributed by atoms with van der Waals surface area (Å²) < 4.78 is 0. The Hall–Kier alpha value is 0.392. The van der Waals surface area contributed by atoms with Gasteiger partial charge >= 0.3 is 5.97 Å². The number of aliphatic carboxylic acids is 1. The molecule has 0 aliphatic rings.